The van der Waals surface area contributed by atoms with Crippen molar-refractivity contribution in [2.75, 3.05) is 5.88 Å². The van der Waals surface area contributed by atoms with Gasteiger partial charge in [0, 0.05) is 11.8 Å². The number of allylic oxidation sites excluding steroid dienone is 2. The van der Waals surface area contributed by atoms with Gasteiger partial charge in [0.25, 0.3) is 0 Å². The van der Waals surface area contributed by atoms with Crippen LogP contribution in [0.4, 0.5) is 0 Å². The predicted octanol–water partition coefficient (Wildman–Crippen LogP) is 2.83. The molecule has 1 N–H and O–H groups in total. The predicted molar refractivity (Wildman–Crippen MR) is 77.6 cm³/mol. The number of ether oxygens (including phenoxy) is 3. The first-order valence-corrected chi connectivity index (χ1v) is 7.86. The average molecular weight is 305 g/mol. The van der Waals surface area contributed by atoms with E-state index in [4.69, 9.17) is 25.8 Å². The standard InChI is InChI=1S/C15H25ClO4/c1-10(17)9-11-12(7-5-4-6-8-16)18-14-13(11)19-15(2,3)20-14/h4,6,10-14,17H,5,7-9H2,1-3H3/b6-4+/t10?,11-,12-,13-,14-/m1/s1. The van der Waals surface area contributed by atoms with Crippen molar-refractivity contribution in [1.29, 1.82) is 0 Å². The summed E-state index contributed by atoms with van der Waals surface area (Å²) in [6.07, 6.45) is 5.79. The van der Waals surface area contributed by atoms with E-state index in [1.165, 1.54) is 0 Å². The molecule has 116 valence electrons. The normalized spacial score (nSPS) is 37.5. The van der Waals surface area contributed by atoms with Crippen molar-refractivity contribution >= 4 is 11.6 Å². The molecule has 2 saturated heterocycles. The second-order valence-electron chi connectivity index (χ2n) is 6.09. The molecule has 0 bridgehead atoms. The van der Waals surface area contributed by atoms with Crippen molar-refractivity contribution in [2.45, 2.75) is 70.4 Å². The molecule has 2 rings (SSSR count). The summed E-state index contributed by atoms with van der Waals surface area (Å²) in [6, 6.07) is 0. The topological polar surface area (TPSA) is 47.9 Å². The number of halogens is 1. The monoisotopic (exact) mass is 304 g/mol. The zero-order valence-electron chi connectivity index (χ0n) is 12.4. The van der Waals surface area contributed by atoms with Gasteiger partial charge in [0.05, 0.1) is 12.2 Å². The summed E-state index contributed by atoms with van der Waals surface area (Å²) in [5.41, 5.74) is 0. The van der Waals surface area contributed by atoms with Crippen LogP contribution in [0, 0.1) is 5.92 Å². The van der Waals surface area contributed by atoms with E-state index < -0.39 is 5.79 Å². The summed E-state index contributed by atoms with van der Waals surface area (Å²) >= 11 is 5.61. The van der Waals surface area contributed by atoms with E-state index in [0.717, 1.165) is 12.8 Å². The van der Waals surface area contributed by atoms with Gasteiger partial charge in [-0.3, -0.25) is 0 Å². The van der Waals surface area contributed by atoms with Crippen LogP contribution < -0.4 is 0 Å². The molecule has 2 aliphatic rings. The van der Waals surface area contributed by atoms with E-state index >= 15 is 0 Å². The first-order valence-electron chi connectivity index (χ1n) is 7.33. The third-order valence-corrected chi connectivity index (χ3v) is 3.96. The minimum Gasteiger partial charge on any atom is -0.393 e. The van der Waals surface area contributed by atoms with Crippen LogP contribution in [0.3, 0.4) is 0 Å². The van der Waals surface area contributed by atoms with Gasteiger partial charge >= 0.3 is 0 Å². The van der Waals surface area contributed by atoms with Gasteiger partial charge in [-0.25, -0.2) is 0 Å². The van der Waals surface area contributed by atoms with E-state index in [0.29, 0.717) is 12.3 Å². The molecule has 2 heterocycles. The minimum absolute atomic E-state index is 0.0654. The maximum Gasteiger partial charge on any atom is 0.187 e. The Morgan fingerprint density at radius 1 is 1.30 bits per heavy atom. The average Bonchev–Trinajstić information content (AvgIpc) is 2.78. The van der Waals surface area contributed by atoms with Gasteiger partial charge in [-0.15, -0.1) is 11.6 Å². The lowest BCUT2D eigenvalue weighted by Crippen LogP contribution is -2.32. The van der Waals surface area contributed by atoms with Gasteiger partial charge in [-0.2, -0.15) is 0 Å². The molecule has 20 heavy (non-hydrogen) atoms. The number of rotatable bonds is 6. The summed E-state index contributed by atoms with van der Waals surface area (Å²) in [6.45, 7) is 5.59. The SMILES string of the molecule is CC(O)C[C@H]1[C@H]2OC(C)(C)O[C@H]2O[C@@H]1CC/C=C/CCl. The highest BCUT2D eigenvalue weighted by molar-refractivity contribution is 6.18. The molecule has 0 amide bonds. The molecule has 0 aromatic carbocycles. The molecule has 0 spiro atoms. The second-order valence-corrected chi connectivity index (χ2v) is 6.40. The molecule has 0 radical (unpaired) electrons. The number of hydrogen-bond donors (Lipinski definition) is 1. The van der Waals surface area contributed by atoms with E-state index in [1.54, 1.807) is 6.92 Å². The quantitative estimate of drug-likeness (QED) is 0.605. The van der Waals surface area contributed by atoms with Gasteiger partial charge in [0.2, 0.25) is 0 Å². The van der Waals surface area contributed by atoms with Crippen molar-refractivity contribution in [3.8, 4) is 0 Å². The maximum absolute atomic E-state index is 9.71. The van der Waals surface area contributed by atoms with Crippen LogP contribution in [0.25, 0.3) is 0 Å². The molecule has 0 saturated carbocycles. The highest BCUT2D eigenvalue weighted by Gasteiger charge is 2.54. The number of alkyl halides is 1. The van der Waals surface area contributed by atoms with E-state index in [2.05, 4.69) is 6.08 Å². The second kappa shape index (κ2) is 6.75. The van der Waals surface area contributed by atoms with Gasteiger partial charge in [0.1, 0.15) is 6.10 Å². The molecule has 4 nitrogen and oxygen atoms in total. The smallest absolute Gasteiger partial charge is 0.187 e. The van der Waals surface area contributed by atoms with Gasteiger partial charge < -0.3 is 19.3 Å². The zero-order chi connectivity index (χ0) is 14.8. The minimum atomic E-state index is -0.601. The fourth-order valence-electron chi connectivity index (χ4n) is 3.04. The molecular formula is C15H25ClO4. The van der Waals surface area contributed by atoms with E-state index in [9.17, 15) is 5.11 Å². The lowest BCUT2D eigenvalue weighted by atomic mass is 9.90. The number of hydrogen-bond acceptors (Lipinski definition) is 4. The Morgan fingerprint density at radius 2 is 2.05 bits per heavy atom. The lowest BCUT2D eigenvalue weighted by molar-refractivity contribution is -0.211. The highest BCUT2D eigenvalue weighted by Crippen LogP contribution is 2.43. The van der Waals surface area contributed by atoms with Crippen molar-refractivity contribution in [3.05, 3.63) is 12.2 Å². The summed E-state index contributed by atoms with van der Waals surface area (Å²) in [4.78, 5) is 0. The van der Waals surface area contributed by atoms with Gasteiger partial charge in [-0.05, 0) is 40.0 Å². The zero-order valence-corrected chi connectivity index (χ0v) is 13.2. The molecule has 1 unspecified atom stereocenters. The maximum atomic E-state index is 9.71. The van der Waals surface area contributed by atoms with Crippen molar-refractivity contribution in [3.63, 3.8) is 0 Å². The summed E-state index contributed by atoms with van der Waals surface area (Å²) in [5.74, 6) is 0.107. The number of fused-ring (bicyclic) bond motifs is 1. The third kappa shape index (κ3) is 3.95. The lowest BCUT2D eigenvalue weighted by Gasteiger charge is -2.26. The molecule has 0 aliphatic carbocycles. The summed E-state index contributed by atoms with van der Waals surface area (Å²) in [7, 11) is 0. The van der Waals surface area contributed by atoms with Crippen LogP contribution in [0.15, 0.2) is 12.2 Å². The highest BCUT2D eigenvalue weighted by atomic mass is 35.5. The summed E-state index contributed by atoms with van der Waals surface area (Å²) < 4.78 is 17.7. The van der Waals surface area contributed by atoms with Crippen LogP contribution in [0.2, 0.25) is 0 Å². The molecule has 5 heteroatoms. The fraction of sp³-hybridized carbons (Fsp3) is 0.867. The first-order chi connectivity index (χ1) is 9.43. The molecule has 2 fully saturated rings. The Morgan fingerprint density at radius 3 is 2.70 bits per heavy atom. The molecule has 5 atom stereocenters. The van der Waals surface area contributed by atoms with E-state index in [-0.39, 0.29) is 30.5 Å². The van der Waals surface area contributed by atoms with Gasteiger partial charge in [-0.1, -0.05) is 12.2 Å². The van der Waals surface area contributed by atoms with Crippen molar-refractivity contribution in [2.24, 2.45) is 5.92 Å². The molecule has 0 aromatic rings. The van der Waals surface area contributed by atoms with Gasteiger partial charge in [0.15, 0.2) is 12.1 Å². The largest absolute Gasteiger partial charge is 0.393 e. The van der Waals surface area contributed by atoms with Crippen LogP contribution in [0.5, 0.6) is 0 Å². The Labute approximate surface area is 126 Å². The first kappa shape index (κ1) is 16.2. The van der Waals surface area contributed by atoms with Crippen molar-refractivity contribution in [1.82, 2.24) is 0 Å². The van der Waals surface area contributed by atoms with Crippen molar-refractivity contribution < 1.29 is 19.3 Å². The molecular weight excluding hydrogens is 280 g/mol. The Hall–Kier alpha value is -0.130. The third-order valence-electron chi connectivity index (χ3n) is 3.78. The number of aliphatic hydroxyl groups is 1. The molecule has 0 aromatic heterocycles. The Balaban J connectivity index is 1.97. The Kier molecular flexibility index (Phi) is 5.49. The van der Waals surface area contributed by atoms with Crippen LogP contribution in [0.1, 0.15) is 40.0 Å². The summed E-state index contributed by atoms with van der Waals surface area (Å²) in [5, 5.41) is 9.71. The fourth-order valence-corrected chi connectivity index (χ4v) is 3.17. The van der Waals surface area contributed by atoms with Crippen LogP contribution >= 0.6 is 11.6 Å². The van der Waals surface area contributed by atoms with E-state index in [1.807, 2.05) is 19.9 Å². The van der Waals surface area contributed by atoms with Crippen LogP contribution in [-0.2, 0) is 14.2 Å². The number of aliphatic hydroxyl groups excluding tert-OH is 1. The van der Waals surface area contributed by atoms with Crippen LogP contribution in [-0.4, -0.2) is 41.4 Å². The Bertz CT molecular complexity index is 343. The molecule has 2 aliphatic heterocycles.